The van der Waals surface area contributed by atoms with E-state index in [-0.39, 0.29) is 17.7 Å². The lowest BCUT2D eigenvalue weighted by Crippen LogP contribution is -2.25. The van der Waals surface area contributed by atoms with E-state index in [1.165, 1.54) is 19.3 Å². The summed E-state index contributed by atoms with van der Waals surface area (Å²) in [7, 11) is 0. The number of fused-ring (bicyclic) bond motifs is 5. The topological polar surface area (TPSA) is 43.4 Å². The van der Waals surface area contributed by atoms with Crippen LogP contribution in [0.5, 0.6) is 0 Å². The van der Waals surface area contributed by atoms with E-state index < -0.39 is 0 Å². The number of unbranched alkanes of at least 4 members (excludes halogenated alkanes) is 1. The van der Waals surface area contributed by atoms with E-state index in [1.54, 1.807) is 6.92 Å². The molecule has 20 heavy (non-hydrogen) atoms. The van der Waals surface area contributed by atoms with Crippen molar-refractivity contribution in [3.8, 4) is 0 Å². The highest BCUT2D eigenvalue weighted by atomic mass is 16.5. The molecule has 0 aromatic carbocycles. The first kappa shape index (κ1) is 13.8. The summed E-state index contributed by atoms with van der Waals surface area (Å²) in [6.45, 7) is 4.30. The van der Waals surface area contributed by atoms with Crippen molar-refractivity contribution in [2.75, 3.05) is 6.61 Å². The summed E-state index contributed by atoms with van der Waals surface area (Å²) >= 11 is 0. The highest BCUT2D eigenvalue weighted by Gasteiger charge is 2.57. The van der Waals surface area contributed by atoms with Crippen LogP contribution in [0.3, 0.4) is 0 Å². The van der Waals surface area contributed by atoms with E-state index in [0.29, 0.717) is 29.9 Å². The van der Waals surface area contributed by atoms with Crippen LogP contribution < -0.4 is 0 Å². The highest BCUT2D eigenvalue weighted by molar-refractivity contribution is 6.21. The van der Waals surface area contributed by atoms with E-state index in [2.05, 4.69) is 6.92 Å². The molecule has 3 aliphatic carbocycles. The van der Waals surface area contributed by atoms with Gasteiger partial charge in [0.05, 0.1) is 6.61 Å². The average Bonchev–Trinajstić information content (AvgIpc) is 3.09. The Morgan fingerprint density at radius 3 is 2.55 bits per heavy atom. The molecule has 2 saturated carbocycles. The Balaban J connectivity index is 1.94. The Morgan fingerprint density at radius 1 is 1.20 bits per heavy atom. The third kappa shape index (κ3) is 1.94. The first-order valence-electron chi connectivity index (χ1n) is 8.13. The molecule has 0 unspecified atom stereocenters. The van der Waals surface area contributed by atoms with Crippen molar-refractivity contribution < 1.29 is 14.3 Å². The summed E-state index contributed by atoms with van der Waals surface area (Å²) in [6.07, 6.45) is 6.68. The number of ketones is 1. The maximum Gasteiger partial charge on any atom is 0.341 e. The molecule has 3 aliphatic rings. The lowest BCUT2D eigenvalue weighted by Gasteiger charge is -2.25. The maximum absolute atomic E-state index is 12.7. The molecular weight excluding hydrogens is 252 g/mol. The quantitative estimate of drug-likeness (QED) is 0.571. The lowest BCUT2D eigenvalue weighted by molar-refractivity contribution is -0.140. The molecule has 0 spiro atoms. The third-order valence-electron chi connectivity index (χ3n) is 5.47. The van der Waals surface area contributed by atoms with Crippen LogP contribution >= 0.6 is 0 Å². The molecule has 0 N–H and O–H groups in total. The molecule has 2 fully saturated rings. The molecule has 4 atom stereocenters. The molecule has 3 heteroatoms. The number of carbonyl (C=O) groups excluding carboxylic acids is 2. The minimum Gasteiger partial charge on any atom is -0.462 e. The molecule has 3 nitrogen and oxygen atoms in total. The van der Waals surface area contributed by atoms with Crippen molar-refractivity contribution >= 4 is 11.8 Å². The summed E-state index contributed by atoms with van der Waals surface area (Å²) in [5.41, 5.74) is 1.58. The summed E-state index contributed by atoms with van der Waals surface area (Å²) in [5, 5.41) is 0. The second-order valence-corrected chi connectivity index (χ2v) is 6.47. The predicted octanol–water partition coefficient (Wildman–Crippen LogP) is 3.28. The molecule has 0 aromatic rings. The van der Waals surface area contributed by atoms with Gasteiger partial charge in [0.25, 0.3) is 0 Å². The summed E-state index contributed by atoms with van der Waals surface area (Å²) in [5.74, 6) is 1.39. The Labute approximate surface area is 120 Å². The standard InChI is InChI=1S/C17H24O3/c1-3-5-6-12-13-10-7-8-11(9-10)14(13)16(18)15(12)17(19)20-4-2/h10-11,13-14H,3-9H2,1-2H3/t10-,11+,13-,14-/m1/s1. The number of hydrogen-bond donors (Lipinski definition) is 0. The van der Waals surface area contributed by atoms with E-state index >= 15 is 0 Å². The van der Waals surface area contributed by atoms with Crippen LogP contribution in [0, 0.1) is 23.7 Å². The first-order valence-corrected chi connectivity index (χ1v) is 8.13. The molecule has 0 heterocycles. The van der Waals surface area contributed by atoms with Crippen molar-refractivity contribution in [2.45, 2.75) is 52.4 Å². The predicted molar refractivity (Wildman–Crippen MR) is 76.0 cm³/mol. The average molecular weight is 276 g/mol. The number of esters is 1. The summed E-state index contributed by atoms with van der Waals surface area (Å²) < 4.78 is 5.14. The number of allylic oxidation sites excluding steroid dienone is 1. The summed E-state index contributed by atoms with van der Waals surface area (Å²) in [4.78, 5) is 24.9. The molecule has 3 rings (SSSR count). The van der Waals surface area contributed by atoms with Crippen LogP contribution in [-0.4, -0.2) is 18.4 Å². The smallest absolute Gasteiger partial charge is 0.341 e. The molecule has 0 aliphatic heterocycles. The zero-order chi connectivity index (χ0) is 14.3. The molecular formula is C17H24O3. The van der Waals surface area contributed by atoms with Crippen molar-refractivity contribution in [3.05, 3.63) is 11.1 Å². The van der Waals surface area contributed by atoms with Crippen LogP contribution in [0.2, 0.25) is 0 Å². The van der Waals surface area contributed by atoms with Gasteiger partial charge in [-0.05, 0) is 62.4 Å². The second kappa shape index (κ2) is 5.34. The highest BCUT2D eigenvalue weighted by Crippen LogP contribution is 2.60. The van der Waals surface area contributed by atoms with Crippen molar-refractivity contribution in [3.63, 3.8) is 0 Å². The van der Waals surface area contributed by atoms with Crippen molar-refractivity contribution in [1.29, 1.82) is 0 Å². The van der Waals surface area contributed by atoms with Gasteiger partial charge in [-0.1, -0.05) is 13.3 Å². The minimum atomic E-state index is -0.364. The van der Waals surface area contributed by atoms with Gasteiger partial charge >= 0.3 is 5.97 Å². The van der Waals surface area contributed by atoms with Crippen LogP contribution in [0.4, 0.5) is 0 Å². The molecule has 0 aromatic heterocycles. The van der Waals surface area contributed by atoms with Gasteiger partial charge in [-0.3, -0.25) is 4.79 Å². The van der Waals surface area contributed by atoms with Gasteiger partial charge < -0.3 is 4.74 Å². The Morgan fingerprint density at radius 2 is 1.90 bits per heavy atom. The number of carbonyl (C=O) groups is 2. The van der Waals surface area contributed by atoms with E-state index in [1.807, 2.05) is 0 Å². The largest absolute Gasteiger partial charge is 0.462 e. The Bertz CT molecular complexity index is 463. The fourth-order valence-electron chi connectivity index (χ4n) is 4.76. The Hall–Kier alpha value is -1.12. The Kier molecular flexibility index (Phi) is 3.70. The molecule has 0 saturated heterocycles. The van der Waals surface area contributed by atoms with Gasteiger partial charge in [0.1, 0.15) is 5.57 Å². The van der Waals surface area contributed by atoms with Gasteiger partial charge in [0, 0.05) is 5.92 Å². The van der Waals surface area contributed by atoms with Gasteiger partial charge in [0.15, 0.2) is 5.78 Å². The zero-order valence-electron chi connectivity index (χ0n) is 12.5. The number of ether oxygens (including phenoxy) is 1. The number of Topliss-reactive ketones (excluding diaryl/α,β-unsaturated/α-hetero) is 1. The van der Waals surface area contributed by atoms with Crippen LogP contribution in [0.15, 0.2) is 11.1 Å². The first-order chi connectivity index (χ1) is 9.69. The van der Waals surface area contributed by atoms with Gasteiger partial charge in [-0.25, -0.2) is 4.79 Å². The maximum atomic E-state index is 12.7. The summed E-state index contributed by atoms with van der Waals surface area (Å²) in [6, 6.07) is 0. The third-order valence-corrected chi connectivity index (χ3v) is 5.47. The van der Waals surface area contributed by atoms with Gasteiger partial charge in [-0.15, -0.1) is 0 Å². The normalized spacial score (nSPS) is 34.8. The van der Waals surface area contributed by atoms with E-state index in [9.17, 15) is 9.59 Å². The monoisotopic (exact) mass is 276 g/mol. The second-order valence-electron chi connectivity index (χ2n) is 6.47. The molecule has 0 radical (unpaired) electrons. The van der Waals surface area contributed by atoms with E-state index in [0.717, 1.165) is 24.8 Å². The number of rotatable bonds is 5. The van der Waals surface area contributed by atoms with Crippen molar-refractivity contribution in [1.82, 2.24) is 0 Å². The SMILES string of the molecule is CCCCC1=C(C(=O)OCC)C(=O)[C@@H]2[C@H]3CC[C@H](C3)[C@H]12. The zero-order valence-corrected chi connectivity index (χ0v) is 12.5. The molecule has 0 amide bonds. The fourth-order valence-corrected chi connectivity index (χ4v) is 4.76. The van der Waals surface area contributed by atoms with Crippen LogP contribution in [0.1, 0.15) is 52.4 Å². The molecule has 110 valence electrons. The number of hydrogen-bond acceptors (Lipinski definition) is 3. The van der Waals surface area contributed by atoms with Crippen molar-refractivity contribution in [2.24, 2.45) is 23.7 Å². The molecule has 2 bridgehead atoms. The minimum absolute atomic E-state index is 0.103. The van der Waals surface area contributed by atoms with Crippen LogP contribution in [-0.2, 0) is 14.3 Å². The van der Waals surface area contributed by atoms with Gasteiger partial charge in [-0.2, -0.15) is 0 Å². The fraction of sp³-hybridized carbons (Fsp3) is 0.765. The van der Waals surface area contributed by atoms with Gasteiger partial charge in [0.2, 0.25) is 0 Å². The van der Waals surface area contributed by atoms with Crippen LogP contribution in [0.25, 0.3) is 0 Å². The van der Waals surface area contributed by atoms with E-state index in [4.69, 9.17) is 4.74 Å². The lowest BCUT2D eigenvalue weighted by atomic mass is 9.77.